The van der Waals surface area contributed by atoms with Crippen molar-refractivity contribution in [3.8, 4) is 0 Å². The SMILES string of the molecule is O=C(Cc1c(F)ccc(Br)c1F)c1ccc(I)c(Cl)c1. The fourth-order valence-electron chi connectivity index (χ4n) is 1.66. The highest BCUT2D eigenvalue weighted by Gasteiger charge is 2.17. The van der Waals surface area contributed by atoms with E-state index in [1.807, 2.05) is 22.6 Å². The number of benzene rings is 2. The van der Waals surface area contributed by atoms with Crippen LogP contribution in [-0.2, 0) is 6.42 Å². The molecule has 2 aromatic carbocycles. The van der Waals surface area contributed by atoms with Crippen molar-refractivity contribution in [3.05, 3.63) is 66.2 Å². The van der Waals surface area contributed by atoms with Gasteiger partial charge in [0.15, 0.2) is 5.78 Å². The summed E-state index contributed by atoms with van der Waals surface area (Å²) >= 11 is 10.9. The Morgan fingerprint density at radius 3 is 2.60 bits per heavy atom. The number of carbonyl (C=O) groups is 1. The number of rotatable bonds is 3. The highest BCUT2D eigenvalue weighted by atomic mass is 127. The average molecular weight is 471 g/mol. The van der Waals surface area contributed by atoms with Gasteiger partial charge in [-0.2, -0.15) is 0 Å². The van der Waals surface area contributed by atoms with Crippen molar-refractivity contribution in [3.63, 3.8) is 0 Å². The molecule has 0 aliphatic carbocycles. The Morgan fingerprint density at radius 2 is 1.95 bits per heavy atom. The number of ketones is 1. The molecule has 0 spiro atoms. The van der Waals surface area contributed by atoms with Crippen LogP contribution in [0.25, 0.3) is 0 Å². The number of Topliss-reactive ketones (excluding diaryl/α,β-unsaturated/α-hetero) is 1. The maximum atomic E-state index is 13.8. The number of carbonyl (C=O) groups excluding carboxylic acids is 1. The molecule has 0 saturated heterocycles. The summed E-state index contributed by atoms with van der Waals surface area (Å²) in [6.45, 7) is 0. The van der Waals surface area contributed by atoms with E-state index in [0.29, 0.717) is 10.6 Å². The minimum Gasteiger partial charge on any atom is -0.294 e. The molecule has 0 unspecified atom stereocenters. The monoisotopic (exact) mass is 470 g/mol. The molecule has 0 saturated carbocycles. The molecule has 0 radical (unpaired) electrons. The molecule has 0 bridgehead atoms. The van der Waals surface area contributed by atoms with Gasteiger partial charge in [-0.3, -0.25) is 4.79 Å². The van der Waals surface area contributed by atoms with Crippen molar-refractivity contribution in [2.24, 2.45) is 0 Å². The van der Waals surface area contributed by atoms with Crippen LogP contribution in [0.2, 0.25) is 5.02 Å². The summed E-state index contributed by atoms with van der Waals surface area (Å²) < 4.78 is 28.4. The first-order valence-electron chi connectivity index (χ1n) is 5.50. The lowest BCUT2D eigenvalue weighted by Crippen LogP contribution is -2.08. The smallest absolute Gasteiger partial charge is 0.167 e. The quantitative estimate of drug-likeness (QED) is 0.332. The third-order valence-electron chi connectivity index (χ3n) is 2.72. The van der Waals surface area contributed by atoms with Gasteiger partial charge in [0.2, 0.25) is 0 Å². The van der Waals surface area contributed by atoms with E-state index in [1.165, 1.54) is 12.1 Å². The molecular weight excluding hydrogens is 464 g/mol. The van der Waals surface area contributed by atoms with Gasteiger partial charge in [-0.1, -0.05) is 17.7 Å². The average Bonchev–Trinajstić information content (AvgIpc) is 2.42. The second-order valence-electron chi connectivity index (χ2n) is 4.05. The number of hydrogen-bond donors (Lipinski definition) is 0. The van der Waals surface area contributed by atoms with Crippen LogP contribution in [0.1, 0.15) is 15.9 Å². The lowest BCUT2D eigenvalue weighted by molar-refractivity contribution is 0.0990. The summed E-state index contributed by atoms with van der Waals surface area (Å²) in [6.07, 6.45) is -0.353. The summed E-state index contributed by atoms with van der Waals surface area (Å²) in [5.74, 6) is -1.88. The van der Waals surface area contributed by atoms with Crippen LogP contribution in [0, 0.1) is 15.2 Å². The highest BCUT2D eigenvalue weighted by Crippen LogP contribution is 2.24. The summed E-state index contributed by atoms with van der Waals surface area (Å²) in [4.78, 5) is 12.1. The van der Waals surface area contributed by atoms with E-state index in [9.17, 15) is 13.6 Å². The molecule has 104 valence electrons. The van der Waals surface area contributed by atoms with Crippen molar-refractivity contribution < 1.29 is 13.6 Å². The largest absolute Gasteiger partial charge is 0.294 e. The minimum atomic E-state index is -0.755. The van der Waals surface area contributed by atoms with Crippen molar-refractivity contribution >= 4 is 55.9 Å². The van der Waals surface area contributed by atoms with Crippen LogP contribution >= 0.6 is 50.1 Å². The van der Waals surface area contributed by atoms with E-state index in [2.05, 4.69) is 15.9 Å². The van der Waals surface area contributed by atoms with Crippen molar-refractivity contribution in [2.45, 2.75) is 6.42 Å². The maximum absolute atomic E-state index is 13.8. The maximum Gasteiger partial charge on any atom is 0.167 e. The van der Waals surface area contributed by atoms with Crippen molar-refractivity contribution in [1.29, 1.82) is 0 Å². The molecule has 0 aromatic heterocycles. The van der Waals surface area contributed by atoms with Gasteiger partial charge in [-0.15, -0.1) is 0 Å². The molecule has 0 N–H and O–H groups in total. The van der Waals surface area contributed by atoms with Gasteiger partial charge in [-0.05, 0) is 62.8 Å². The van der Waals surface area contributed by atoms with E-state index < -0.39 is 11.6 Å². The summed E-state index contributed by atoms with van der Waals surface area (Å²) in [6, 6.07) is 7.16. The second kappa shape index (κ2) is 6.49. The van der Waals surface area contributed by atoms with Crippen LogP contribution in [0.4, 0.5) is 8.78 Å². The second-order valence-corrected chi connectivity index (χ2v) is 6.47. The first-order chi connectivity index (χ1) is 9.40. The van der Waals surface area contributed by atoms with Gasteiger partial charge in [-0.25, -0.2) is 8.78 Å². The van der Waals surface area contributed by atoms with Crippen LogP contribution in [0.5, 0.6) is 0 Å². The molecule has 2 aromatic rings. The summed E-state index contributed by atoms with van der Waals surface area (Å²) in [7, 11) is 0. The molecule has 0 heterocycles. The van der Waals surface area contributed by atoms with E-state index >= 15 is 0 Å². The fourth-order valence-corrected chi connectivity index (χ4v) is 2.55. The number of hydrogen-bond acceptors (Lipinski definition) is 1. The van der Waals surface area contributed by atoms with Crippen LogP contribution in [0.15, 0.2) is 34.8 Å². The molecular formula is C14H7BrClF2IO. The van der Waals surface area contributed by atoms with Crippen molar-refractivity contribution in [2.75, 3.05) is 0 Å². The molecule has 0 aliphatic rings. The highest BCUT2D eigenvalue weighted by molar-refractivity contribution is 14.1. The number of halogens is 5. The van der Waals surface area contributed by atoms with E-state index in [1.54, 1.807) is 12.1 Å². The van der Waals surface area contributed by atoms with E-state index in [0.717, 1.165) is 9.64 Å². The Morgan fingerprint density at radius 1 is 1.25 bits per heavy atom. The predicted octanol–water partition coefficient (Wildman–Crippen LogP) is 5.41. The molecule has 2 rings (SSSR count). The van der Waals surface area contributed by atoms with E-state index in [-0.39, 0.29) is 22.2 Å². The van der Waals surface area contributed by atoms with Crippen LogP contribution in [0.3, 0.4) is 0 Å². The molecule has 0 aliphatic heterocycles. The van der Waals surface area contributed by atoms with Crippen molar-refractivity contribution in [1.82, 2.24) is 0 Å². The van der Waals surface area contributed by atoms with Gasteiger partial charge in [0.05, 0.1) is 9.50 Å². The van der Waals surface area contributed by atoms with Gasteiger partial charge in [0.25, 0.3) is 0 Å². The first kappa shape index (κ1) is 15.9. The molecule has 0 atom stereocenters. The third-order valence-corrected chi connectivity index (χ3v) is 4.90. The summed E-state index contributed by atoms with van der Waals surface area (Å²) in [5.41, 5.74) is 0.0771. The van der Waals surface area contributed by atoms with Crippen LogP contribution < -0.4 is 0 Å². The van der Waals surface area contributed by atoms with Gasteiger partial charge >= 0.3 is 0 Å². The van der Waals surface area contributed by atoms with E-state index in [4.69, 9.17) is 11.6 Å². The zero-order chi connectivity index (χ0) is 14.9. The van der Waals surface area contributed by atoms with Crippen LogP contribution in [-0.4, -0.2) is 5.78 Å². The minimum absolute atomic E-state index is 0.127. The Balaban J connectivity index is 2.32. The Kier molecular flexibility index (Phi) is 5.14. The molecule has 0 amide bonds. The van der Waals surface area contributed by atoms with Gasteiger partial charge < -0.3 is 0 Å². The zero-order valence-corrected chi connectivity index (χ0v) is 14.4. The topological polar surface area (TPSA) is 17.1 Å². The summed E-state index contributed by atoms with van der Waals surface area (Å²) in [5, 5.41) is 0.437. The normalized spacial score (nSPS) is 10.7. The first-order valence-corrected chi connectivity index (χ1v) is 7.75. The van der Waals surface area contributed by atoms with Gasteiger partial charge in [0, 0.05) is 21.1 Å². The Bertz CT molecular complexity index is 691. The molecule has 20 heavy (non-hydrogen) atoms. The molecule has 1 nitrogen and oxygen atoms in total. The molecule has 6 heteroatoms. The Labute approximate surface area is 141 Å². The Hall–Kier alpha value is -0.530. The lowest BCUT2D eigenvalue weighted by Gasteiger charge is -2.07. The zero-order valence-electron chi connectivity index (χ0n) is 9.89. The predicted molar refractivity (Wildman–Crippen MR) is 86.3 cm³/mol. The standard InChI is InChI=1S/C14H7BrClF2IO/c15-9-2-3-11(17)8(14(9)18)6-13(20)7-1-4-12(19)10(16)5-7/h1-5H,6H2. The van der Waals surface area contributed by atoms with Gasteiger partial charge in [0.1, 0.15) is 11.6 Å². The molecule has 0 fully saturated rings. The third kappa shape index (κ3) is 3.38. The lowest BCUT2D eigenvalue weighted by atomic mass is 10.0. The fraction of sp³-hybridized carbons (Fsp3) is 0.0714.